The molecule has 1 aromatic carbocycles. The maximum absolute atomic E-state index is 11.9. The molecule has 2 N–H and O–H groups in total. The third kappa shape index (κ3) is 4.62. The molecule has 0 bridgehead atoms. The zero-order chi connectivity index (χ0) is 21.9. The van der Waals surface area contributed by atoms with Gasteiger partial charge in [-0.2, -0.15) is 4.98 Å². The average Bonchev–Trinajstić information content (AvgIpc) is 2.84. The smallest absolute Gasteiger partial charge is 0.228 e. The van der Waals surface area contributed by atoms with Gasteiger partial charge in [0, 0.05) is 73.1 Å². The second kappa shape index (κ2) is 9.51. The summed E-state index contributed by atoms with van der Waals surface area (Å²) in [7, 11) is -0.767. The van der Waals surface area contributed by atoms with Gasteiger partial charge in [-0.3, -0.25) is 4.21 Å². The maximum Gasteiger partial charge on any atom is 0.228 e. The molecule has 0 amide bonds. The van der Waals surface area contributed by atoms with E-state index in [9.17, 15) is 4.21 Å². The number of nitrogens with one attached hydrogen (secondary N) is 2. The predicted octanol–water partition coefficient (Wildman–Crippen LogP) is 1.66. The monoisotopic (exact) mass is 472 g/mol. The van der Waals surface area contributed by atoms with Crippen molar-refractivity contribution in [3.63, 3.8) is 0 Å². The van der Waals surface area contributed by atoms with Crippen LogP contribution in [0.3, 0.4) is 0 Å². The molecule has 4 heterocycles. The quantitative estimate of drug-likeness (QED) is 0.574. The Morgan fingerprint density at radius 3 is 2.47 bits per heavy atom. The van der Waals surface area contributed by atoms with Crippen LogP contribution >= 0.6 is 11.6 Å². The van der Waals surface area contributed by atoms with E-state index in [0.29, 0.717) is 59.0 Å². The first-order chi connectivity index (χ1) is 15.7. The van der Waals surface area contributed by atoms with Crippen molar-refractivity contribution in [3.05, 3.63) is 41.2 Å². The topological polar surface area (TPSA) is 99.2 Å². The minimum atomic E-state index is -0.767. The average molecular weight is 473 g/mol. The van der Waals surface area contributed by atoms with Crippen LogP contribution in [0.4, 0.5) is 17.6 Å². The second-order valence-corrected chi connectivity index (χ2v) is 9.95. The second-order valence-electron chi connectivity index (χ2n) is 7.82. The third-order valence-corrected chi connectivity index (χ3v) is 7.23. The van der Waals surface area contributed by atoms with Crippen LogP contribution in [0, 0.1) is 0 Å². The Morgan fingerprint density at radius 2 is 1.72 bits per heavy atom. The van der Waals surface area contributed by atoms with Crippen molar-refractivity contribution < 1.29 is 4.21 Å². The van der Waals surface area contributed by atoms with Crippen LogP contribution in [0.2, 0.25) is 5.02 Å². The van der Waals surface area contributed by atoms with Gasteiger partial charge >= 0.3 is 0 Å². The Bertz CT molecular complexity index is 1110. The zero-order valence-electron chi connectivity index (χ0n) is 17.6. The minimum absolute atomic E-state index is 0.592. The number of hydrogen-bond acceptors (Lipinski definition) is 9. The normalized spacial score (nSPS) is 17.7. The van der Waals surface area contributed by atoms with E-state index in [0.717, 1.165) is 37.6 Å². The van der Waals surface area contributed by atoms with Gasteiger partial charge in [0.15, 0.2) is 11.6 Å². The molecule has 11 heteroatoms. The van der Waals surface area contributed by atoms with Gasteiger partial charge in [0.1, 0.15) is 17.4 Å². The SMILES string of the molecule is O=S1CCN(c2nc(N3CCNCC3)nc3c(NCc4ccc(Cl)cc4)ncnc23)CC1. The molecule has 0 unspecified atom stereocenters. The minimum Gasteiger partial charge on any atom is -0.364 e. The number of halogens is 1. The highest BCUT2D eigenvalue weighted by atomic mass is 35.5. The van der Waals surface area contributed by atoms with Gasteiger partial charge in [-0.25, -0.2) is 15.0 Å². The lowest BCUT2D eigenvalue weighted by Gasteiger charge is -2.31. The molecule has 2 fully saturated rings. The first-order valence-corrected chi connectivity index (χ1v) is 12.6. The van der Waals surface area contributed by atoms with E-state index >= 15 is 0 Å². The molecule has 5 rings (SSSR count). The van der Waals surface area contributed by atoms with E-state index < -0.39 is 10.8 Å². The zero-order valence-corrected chi connectivity index (χ0v) is 19.2. The van der Waals surface area contributed by atoms with Gasteiger partial charge in [-0.05, 0) is 17.7 Å². The van der Waals surface area contributed by atoms with Crippen molar-refractivity contribution in [2.75, 3.05) is 65.9 Å². The summed E-state index contributed by atoms with van der Waals surface area (Å²) in [6, 6.07) is 7.72. The van der Waals surface area contributed by atoms with Gasteiger partial charge in [-0.15, -0.1) is 0 Å². The Balaban J connectivity index is 1.53. The Morgan fingerprint density at radius 1 is 0.969 bits per heavy atom. The van der Waals surface area contributed by atoms with E-state index in [1.165, 1.54) is 0 Å². The van der Waals surface area contributed by atoms with Gasteiger partial charge in [0.25, 0.3) is 0 Å². The highest BCUT2D eigenvalue weighted by molar-refractivity contribution is 7.85. The Kier molecular flexibility index (Phi) is 6.33. The Hall–Kier alpha value is -2.56. The molecule has 0 atom stereocenters. The standard InChI is InChI=1S/C21H25ClN8OS/c22-16-3-1-15(2-4-16)13-24-19-17-18(25-14-26-19)20(29-9-11-32(31)12-10-29)28-21(27-17)30-7-5-23-6-8-30/h1-4,14,23H,5-13H2,(H,24,25,26). The molecule has 2 aromatic heterocycles. The van der Waals surface area contributed by atoms with Crippen molar-refractivity contribution >= 4 is 51.0 Å². The molecule has 32 heavy (non-hydrogen) atoms. The number of aromatic nitrogens is 4. The van der Waals surface area contributed by atoms with Crippen LogP contribution in [0.5, 0.6) is 0 Å². The number of fused-ring (bicyclic) bond motifs is 1. The first-order valence-electron chi connectivity index (χ1n) is 10.7. The van der Waals surface area contributed by atoms with E-state index in [2.05, 4.69) is 30.4 Å². The van der Waals surface area contributed by atoms with Gasteiger partial charge in [-0.1, -0.05) is 23.7 Å². The fourth-order valence-corrected chi connectivity index (χ4v) is 5.09. The number of hydrogen-bond donors (Lipinski definition) is 2. The first kappa shape index (κ1) is 21.3. The molecule has 0 radical (unpaired) electrons. The summed E-state index contributed by atoms with van der Waals surface area (Å²) in [4.78, 5) is 23.2. The molecular weight excluding hydrogens is 448 g/mol. The highest BCUT2D eigenvalue weighted by Gasteiger charge is 2.24. The molecular formula is C21H25ClN8OS. The summed E-state index contributed by atoms with van der Waals surface area (Å²) in [5.41, 5.74) is 2.51. The number of anilines is 3. The third-order valence-electron chi connectivity index (χ3n) is 5.70. The largest absolute Gasteiger partial charge is 0.364 e. The van der Waals surface area contributed by atoms with Crippen molar-refractivity contribution in [2.24, 2.45) is 0 Å². The van der Waals surface area contributed by atoms with Crippen molar-refractivity contribution in [2.45, 2.75) is 6.54 Å². The molecule has 0 aliphatic carbocycles. The lowest BCUT2D eigenvalue weighted by Crippen LogP contribution is -2.44. The summed E-state index contributed by atoms with van der Waals surface area (Å²) in [6.07, 6.45) is 1.55. The fourth-order valence-electron chi connectivity index (χ4n) is 3.91. The molecule has 0 saturated carbocycles. The van der Waals surface area contributed by atoms with Gasteiger partial charge in [0.2, 0.25) is 5.95 Å². The molecule has 9 nitrogen and oxygen atoms in total. The van der Waals surface area contributed by atoms with Crippen LogP contribution in [0.25, 0.3) is 11.0 Å². The molecule has 0 spiro atoms. The molecule has 2 aliphatic heterocycles. The lowest BCUT2D eigenvalue weighted by atomic mass is 10.2. The summed E-state index contributed by atoms with van der Waals surface area (Å²) < 4.78 is 11.9. The molecule has 2 aliphatic rings. The number of rotatable bonds is 5. The summed E-state index contributed by atoms with van der Waals surface area (Å²) in [5.74, 6) is 3.43. The van der Waals surface area contributed by atoms with Crippen LogP contribution in [-0.4, -0.2) is 74.9 Å². The van der Waals surface area contributed by atoms with E-state index in [1.54, 1.807) is 6.33 Å². The highest BCUT2D eigenvalue weighted by Crippen LogP contribution is 2.29. The molecule has 168 valence electrons. The summed E-state index contributed by atoms with van der Waals surface area (Å²) in [5, 5.41) is 7.49. The predicted molar refractivity (Wildman–Crippen MR) is 129 cm³/mol. The number of nitrogens with zero attached hydrogens (tertiary/aromatic N) is 6. The van der Waals surface area contributed by atoms with Crippen molar-refractivity contribution in [1.82, 2.24) is 25.3 Å². The van der Waals surface area contributed by atoms with Crippen LogP contribution in [0.15, 0.2) is 30.6 Å². The lowest BCUT2D eigenvalue weighted by molar-refractivity contribution is 0.580. The van der Waals surface area contributed by atoms with Crippen molar-refractivity contribution in [1.29, 1.82) is 0 Å². The number of benzene rings is 1. The summed E-state index contributed by atoms with van der Waals surface area (Å²) in [6.45, 7) is 5.45. The van der Waals surface area contributed by atoms with E-state index in [-0.39, 0.29) is 0 Å². The Labute approximate surface area is 194 Å². The van der Waals surface area contributed by atoms with Gasteiger partial charge < -0.3 is 20.4 Å². The van der Waals surface area contributed by atoms with Crippen molar-refractivity contribution in [3.8, 4) is 0 Å². The molecule has 2 saturated heterocycles. The van der Waals surface area contributed by atoms with Crippen LogP contribution in [0.1, 0.15) is 5.56 Å². The van der Waals surface area contributed by atoms with E-state index in [1.807, 2.05) is 24.3 Å². The molecule has 3 aromatic rings. The van der Waals surface area contributed by atoms with Gasteiger partial charge in [0.05, 0.1) is 0 Å². The van der Waals surface area contributed by atoms with E-state index in [4.69, 9.17) is 21.6 Å². The van der Waals surface area contributed by atoms with Crippen LogP contribution in [-0.2, 0) is 17.3 Å². The summed E-state index contributed by atoms with van der Waals surface area (Å²) >= 11 is 6.01. The maximum atomic E-state index is 11.9. The number of piperazine rings is 1. The fraction of sp³-hybridized carbons (Fsp3) is 0.429. The van der Waals surface area contributed by atoms with Crippen LogP contribution < -0.4 is 20.4 Å².